The Bertz CT molecular complexity index is 225. The molecule has 0 radical (unpaired) electrons. The zero-order valence-electron chi connectivity index (χ0n) is 5.56. The van der Waals surface area contributed by atoms with Crippen molar-refractivity contribution >= 4 is 4.31 Å². The maximum absolute atomic E-state index is 5.31. The van der Waals surface area contributed by atoms with Gasteiger partial charge in [0.25, 0.3) is 0 Å². The van der Waals surface area contributed by atoms with Crippen molar-refractivity contribution in [3.8, 4) is 0 Å². The maximum atomic E-state index is 5.31. The summed E-state index contributed by atoms with van der Waals surface area (Å²) in [7, 11) is 0. The number of aryl methyl sites for hydroxylation is 2. The van der Waals surface area contributed by atoms with Gasteiger partial charge in [-0.25, -0.2) is 0 Å². The Morgan fingerprint density at radius 3 is 2.44 bits per heavy atom. The fourth-order valence-corrected chi connectivity index (χ4v) is 1.25. The average molecular weight is 156 g/mol. The van der Waals surface area contributed by atoms with Crippen molar-refractivity contribution in [2.24, 2.45) is 0 Å². The van der Waals surface area contributed by atoms with E-state index in [0.29, 0.717) is 0 Å². The summed E-state index contributed by atoms with van der Waals surface area (Å²) in [6.07, 6.45) is 0. The van der Waals surface area contributed by atoms with Crippen LogP contribution in [-0.2, 0) is 20.0 Å². The molecule has 0 fully saturated rings. The van der Waals surface area contributed by atoms with Gasteiger partial charge >= 0.3 is 65.7 Å². The van der Waals surface area contributed by atoms with Gasteiger partial charge in [-0.05, 0) is 0 Å². The second-order valence-electron chi connectivity index (χ2n) is 2.05. The number of hydrogen-bond acceptors (Lipinski definition) is 1. The fraction of sp³-hybridized carbons (Fsp3) is 0.286. The summed E-state index contributed by atoms with van der Waals surface area (Å²) in [5.74, 6) is 1.98. The molecular formula is C7H8OTi. The Kier molecular flexibility index (Phi) is 2.04. The Labute approximate surface area is 66.0 Å². The van der Waals surface area contributed by atoms with Gasteiger partial charge in [0, 0.05) is 0 Å². The van der Waals surface area contributed by atoms with Crippen LogP contribution in [0.1, 0.15) is 17.1 Å². The summed E-state index contributed by atoms with van der Waals surface area (Å²) in [5, 5.41) is 0. The van der Waals surface area contributed by atoms with Gasteiger partial charge in [-0.15, -0.1) is 0 Å². The molecule has 0 atom stereocenters. The van der Waals surface area contributed by atoms with Crippen molar-refractivity contribution in [3.63, 3.8) is 0 Å². The first kappa shape index (κ1) is 6.98. The molecular weight excluding hydrogens is 148 g/mol. The van der Waals surface area contributed by atoms with Crippen LogP contribution in [0.15, 0.2) is 10.5 Å². The van der Waals surface area contributed by atoms with E-state index in [1.54, 1.807) is 0 Å². The minimum atomic E-state index is 0.987. The second-order valence-corrected chi connectivity index (χ2v) is 2.50. The third-order valence-electron chi connectivity index (χ3n) is 1.21. The molecule has 0 aliphatic carbocycles. The van der Waals surface area contributed by atoms with E-state index in [2.05, 4.69) is 0 Å². The molecule has 0 aliphatic heterocycles. The van der Waals surface area contributed by atoms with Crippen molar-refractivity contribution in [1.82, 2.24) is 0 Å². The molecule has 0 saturated carbocycles. The molecule has 0 amide bonds. The van der Waals surface area contributed by atoms with Crippen LogP contribution in [-0.4, -0.2) is 4.31 Å². The monoisotopic (exact) mass is 156 g/mol. The molecule has 2 heteroatoms. The Balaban J connectivity index is 3.15. The van der Waals surface area contributed by atoms with Gasteiger partial charge in [-0.2, -0.15) is 0 Å². The van der Waals surface area contributed by atoms with E-state index in [-0.39, 0.29) is 0 Å². The number of furan rings is 1. The molecule has 0 aromatic carbocycles. The predicted octanol–water partition coefficient (Wildman–Crippen LogP) is 1.59. The fourth-order valence-electron chi connectivity index (χ4n) is 0.803. The van der Waals surface area contributed by atoms with Crippen molar-refractivity contribution in [3.05, 3.63) is 23.2 Å². The minimum absolute atomic E-state index is 0.987. The summed E-state index contributed by atoms with van der Waals surface area (Å²) < 4.78 is 7.28. The molecule has 1 aromatic heterocycles. The molecule has 1 aromatic rings. The topological polar surface area (TPSA) is 13.1 Å². The van der Waals surface area contributed by atoms with Crippen LogP contribution < -0.4 is 0 Å². The summed E-state index contributed by atoms with van der Waals surface area (Å²) in [4.78, 5) is 0. The summed E-state index contributed by atoms with van der Waals surface area (Å²) >= 11 is 1.98. The van der Waals surface area contributed by atoms with Crippen molar-refractivity contribution in [2.45, 2.75) is 13.8 Å². The van der Waals surface area contributed by atoms with Gasteiger partial charge < -0.3 is 0 Å². The number of rotatable bonds is 1. The van der Waals surface area contributed by atoms with Gasteiger partial charge in [-0.3, -0.25) is 0 Å². The Hall–Kier alpha value is -0.136. The van der Waals surface area contributed by atoms with Crippen molar-refractivity contribution < 1.29 is 24.4 Å². The molecule has 0 spiro atoms. The molecule has 1 rings (SSSR count). The molecule has 0 bridgehead atoms. The van der Waals surface area contributed by atoms with E-state index in [1.807, 2.05) is 44.2 Å². The third-order valence-corrected chi connectivity index (χ3v) is 1.62. The Morgan fingerprint density at radius 1 is 1.56 bits per heavy atom. The van der Waals surface area contributed by atoms with Crippen molar-refractivity contribution in [1.29, 1.82) is 0 Å². The van der Waals surface area contributed by atoms with Crippen LogP contribution in [0.3, 0.4) is 0 Å². The predicted molar refractivity (Wildman–Crippen MR) is 33.3 cm³/mol. The van der Waals surface area contributed by atoms with Gasteiger partial charge in [0.2, 0.25) is 0 Å². The quantitative estimate of drug-likeness (QED) is 0.562. The van der Waals surface area contributed by atoms with E-state index >= 15 is 0 Å². The first-order chi connectivity index (χ1) is 4.24. The van der Waals surface area contributed by atoms with E-state index in [9.17, 15) is 0 Å². The summed E-state index contributed by atoms with van der Waals surface area (Å²) in [6.45, 7) is 4.01. The number of hydrogen-bond donors (Lipinski definition) is 0. The van der Waals surface area contributed by atoms with E-state index in [1.165, 1.54) is 5.56 Å². The first-order valence-electron chi connectivity index (χ1n) is 2.81. The Morgan fingerprint density at radius 2 is 2.22 bits per heavy atom. The van der Waals surface area contributed by atoms with E-state index in [4.69, 9.17) is 4.42 Å². The van der Waals surface area contributed by atoms with Crippen LogP contribution in [0.4, 0.5) is 0 Å². The van der Waals surface area contributed by atoms with Crippen LogP contribution >= 0.6 is 0 Å². The van der Waals surface area contributed by atoms with Crippen molar-refractivity contribution in [2.75, 3.05) is 0 Å². The zero-order valence-corrected chi connectivity index (χ0v) is 7.12. The average Bonchev–Trinajstić information content (AvgIpc) is 2.10. The normalized spacial score (nSPS) is 9.44. The standard InChI is InChI=1S/C7H8O.Ti/c1-5-4-6(2)8-7(5)3;/h3-4H,1-2H3;. The van der Waals surface area contributed by atoms with Gasteiger partial charge in [0.05, 0.1) is 0 Å². The SMILES string of the molecule is Cc1cc(C)c([CH]=[Ti])o1. The molecule has 46 valence electrons. The van der Waals surface area contributed by atoms with E-state index < -0.39 is 0 Å². The van der Waals surface area contributed by atoms with Gasteiger partial charge in [-0.1, -0.05) is 0 Å². The molecule has 0 saturated heterocycles. The van der Waals surface area contributed by atoms with Gasteiger partial charge in [0.15, 0.2) is 0 Å². The van der Waals surface area contributed by atoms with E-state index in [0.717, 1.165) is 11.5 Å². The van der Waals surface area contributed by atoms with Crippen LogP contribution in [0, 0.1) is 13.8 Å². The zero-order chi connectivity index (χ0) is 6.85. The third kappa shape index (κ3) is 1.41. The molecule has 1 nitrogen and oxygen atoms in total. The summed E-state index contributed by atoms with van der Waals surface area (Å²) in [5.41, 5.74) is 1.22. The summed E-state index contributed by atoms with van der Waals surface area (Å²) in [6, 6.07) is 2.04. The molecule has 0 aliphatic rings. The van der Waals surface area contributed by atoms with Gasteiger partial charge in [0.1, 0.15) is 0 Å². The molecule has 1 heterocycles. The van der Waals surface area contributed by atoms with Crippen LogP contribution in [0.5, 0.6) is 0 Å². The molecule has 0 N–H and O–H groups in total. The molecule has 0 unspecified atom stereocenters. The first-order valence-corrected chi connectivity index (χ1v) is 3.71. The van der Waals surface area contributed by atoms with Crippen LogP contribution in [0.25, 0.3) is 0 Å². The molecule has 9 heavy (non-hydrogen) atoms. The second kappa shape index (κ2) is 2.63. The van der Waals surface area contributed by atoms with Crippen LogP contribution in [0.2, 0.25) is 0 Å².